The Morgan fingerprint density at radius 2 is 0.900 bits per heavy atom. The molecule has 0 aliphatic heterocycles. The van der Waals surface area contributed by atoms with Crippen LogP contribution in [0.4, 0.5) is 0 Å². The van der Waals surface area contributed by atoms with Crippen molar-refractivity contribution in [2.45, 2.75) is 52.4 Å². The van der Waals surface area contributed by atoms with E-state index in [-0.39, 0.29) is 52.8 Å². The molecular weight excluding hydrogens is 528 g/mol. The summed E-state index contributed by atoms with van der Waals surface area (Å²) in [6, 6.07) is 41.6. The van der Waals surface area contributed by atoms with Crippen molar-refractivity contribution in [2.75, 3.05) is 0 Å². The first-order valence-corrected chi connectivity index (χ1v) is 17.1. The minimum Gasteiger partial charge on any atom is -1.00 e. The molecule has 4 aromatic rings. The molecule has 3 heteroatoms. The maximum absolute atomic E-state index is 9.99. The second-order valence-corrected chi connectivity index (χ2v) is 15.8. The molecule has 1 aliphatic carbocycles. The smallest absolute Gasteiger partial charge is 1.00 e. The van der Waals surface area contributed by atoms with E-state index in [2.05, 4.69) is 101 Å². The summed E-state index contributed by atoms with van der Waals surface area (Å²) in [5.74, 6) is 0.580. The van der Waals surface area contributed by atoms with Crippen LogP contribution in [0, 0.1) is 5.92 Å². The summed E-state index contributed by atoms with van der Waals surface area (Å²) in [4.78, 5) is 0. The van der Waals surface area contributed by atoms with Crippen molar-refractivity contribution in [2.24, 2.45) is 5.92 Å². The summed E-state index contributed by atoms with van der Waals surface area (Å²) in [7, 11) is -1.75. The van der Waals surface area contributed by atoms with Gasteiger partial charge in [-0.1, -0.05) is 158 Å². The predicted molar refractivity (Wildman–Crippen MR) is 171 cm³/mol. The van der Waals surface area contributed by atoms with Crippen LogP contribution < -0.4 is 51.4 Å². The fourth-order valence-corrected chi connectivity index (χ4v) is 11.2. The molecule has 0 fully saturated rings. The quantitative estimate of drug-likeness (QED) is 0.253. The van der Waals surface area contributed by atoms with Crippen LogP contribution in [0.3, 0.4) is 0 Å². The Hall–Kier alpha value is -1.83. The average molecular weight is 571 g/mol. The topological polar surface area (TPSA) is 20.2 Å². The maximum Gasteiger partial charge on any atom is 1.00 e. The SMILES string of the molecule is CC1=C(C)C(C)C([Si](C)(C)C(c2ccccc2)c2ccccc2)=C1C.OC(c1ccccc1)c1ccccc1.[H-].[K+]. The summed E-state index contributed by atoms with van der Waals surface area (Å²) in [6.07, 6.45) is -0.516. The van der Waals surface area contributed by atoms with Crippen molar-refractivity contribution in [3.05, 3.63) is 165 Å². The molecule has 0 spiro atoms. The zero-order valence-corrected chi connectivity index (χ0v) is 29.3. The van der Waals surface area contributed by atoms with Crippen LogP contribution in [-0.2, 0) is 0 Å². The Morgan fingerprint density at radius 3 is 1.20 bits per heavy atom. The third-order valence-electron chi connectivity index (χ3n) is 8.55. The van der Waals surface area contributed by atoms with Crippen LogP contribution in [0.5, 0.6) is 0 Å². The average Bonchev–Trinajstić information content (AvgIpc) is 3.17. The second-order valence-electron chi connectivity index (χ2n) is 11.3. The fourth-order valence-electron chi connectivity index (χ4n) is 6.34. The molecule has 1 unspecified atom stereocenters. The number of allylic oxidation sites excluding steroid dienone is 4. The van der Waals surface area contributed by atoms with Gasteiger partial charge in [0, 0.05) is 5.54 Å². The summed E-state index contributed by atoms with van der Waals surface area (Å²) in [6.45, 7) is 14.5. The number of aliphatic hydroxyl groups is 1. The summed E-state index contributed by atoms with van der Waals surface area (Å²) in [5, 5.41) is 11.7. The molecule has 0 heterocycles. The van der Waals surface area contributed by atoms with Crippen molar-refractivity contribution in [1.82, 2.24) is 0 Å². The second kappa shape index (κ2) is 14.9. The Kier molecular flexibility index (Phi) is 12.2. The Bertz CT molecular complexity index is 1340. The van der Waals surface area contributed by atoms with Gasteiger partial charge in [0.1, 0.15) is 6.10 Å². The molecule has 5 rings (SSSR count). The summed E-state index contributed by atoms with van der Waals surface area (Å²) < 4.78 is 0. The number of rotatable bonds is 6. The monoisotopic (exact) mass is 570 g/mol. The molecule has 4 aromatic carbocycles. The molecule has 1 N–H and O–H groups in total. The van der Waals surface area contributed by atoms with Gasteiger partial charge in [-0.15, -0.1) is 0 Å². The van der Waals surface area contributed by atoms with E-state index in [1.165, 1.54) is 16.7 Å². The first-order valence-electron chi connectivity index (χ1n) is 14.0. The third-order valence-corrected chi connectivity index (χ3v) is 12.9. The molecule has 1 atom stereocenters. The first kappa shape index (κ1) is 32.7. The molecule has 0 radical (unpaired) electrons. The van der Waals surface area contributed by atoms with E-state index >= 15 is 0 Å². The van der Waals surface area contributed by atoms with Gasteiger partial charge in [-0.2, -0.15) is 0 Å². The van der Waals surface area contributed by atoms with E-state index in [1.807, 2.05) is 60.7 Å². The Balaban J connectivity index is 0.000000314. The predicted octanol–water partition coefficient (Wildman–Crippen LogP) is 6.79. The van der Waals surface area contributed by atoms with Crippen molar-refractivity contribution < 1.29 is 57.9 Å². The molecule has 0 saturated heterocycles. The van der Waals surface area contributed by atoms with Gasteiger partial charge >= 0.3 is 51.4 Å². The number of benzene rings is 4. The van der Waals surface area contributed by atoms with Gasteiger partial charge in [0.15, 0.2) is 0 Å². The molecule has 0 aromatic heterocycles. The summed E-state index contributed by atoms with van der Waals surface area (Å²) in [5.41, 5.74) is 9.90. The van der Waals surface area contributed by atoms with Crippen molar-refractivity contribution in [1.29, 1.82) is 0 Å². The zero-order valence-electron chi connectivity index (χ0n) is 26.2. The molecule has 0 bridgehead atoms. The minimum absolute atomic E-state index is 0. The zero-order chi connectivity index (χ0) is 28.0. The maximum atomic E-state index is 9.99. The number of hydrogen-bond donors (Lipinski definition) is 1. The molecule has 0 amide bonds. The molecule has 1 nitrogen and oxygen atoms in total. The Labute approximate surface area is 287 Å². The van der Waals surface area contributed by atoms with E-state index in [1.54, 1.807) is 16.3 Å². The summed E-state index contributed by atoms with van der Waals surface area (Å²) >= 11 is 0. The molecule has 1 aliphatic rings. The van der Waals surface area contributed by atoms with Gasteiger partial charge < -0.3 is 6.53 Å². The van der Waals surface area contributed by atoms with Crippen molar-refractivity contribution in [3.8, 4) is 0 Å². The van der Waals surface area contributed by atoms with Gasteiger partial charge in [-0.3, -0.25) is 0 Å². The molecule has 0 saturated carbocycles. The largest absolute Gasteiger partial charge is 1.00 e. The van der Waals surface area contributed by atoms with Crippen LogP contribution in [0.25, 0.3) is 0 Å². The molecule has 202 valence electrons. The fraction of sp³-hybridized carbons (Fsp3) is 0.243. The standard InChI is InChI=1S/C24H30Si.C13H12O.K.H/c1-17-18(2)20(4)23(19(17)3)25(5,6)24(21-13-9-7-10-14-21)22-15-11-8-12-16-22;14-13(11-7-3-1-4-8-11)12-9-5-2-6-10-12;;/h7-16,19,24H,1-6H3;1-10,13-14H;;/q;;+1;-1. The van der Waals surface area contributed by atoms with Gasteiger partial charge in [0.25, 0.3) is 0 Å². The normalized spacial score (nSPS) is 15.2. The minimum atomic E-state index is -1.75. The van der Waals surface area contributed by atoms with Crippen LogP contribution in [-0.4, -0.2) is 13.2 Å². The van der Waals surface area contributed by atoms with E-state index in [9.17, 15) is 5.11 Å². The van der Waals surface area contributed by atoms with Gasteiger partial charge in [-0.05, 0) is 54.5 Å². The number of hydrogen-bond acceptors (Lipinski definition) is 1. The van der Waals surface area contributed by atoms with E-state index in [0.717, 1.165) is 11.1 Å². The third kappa shape index (κ3) is 7.32. The van der Waals surface area contributed by atoms with E-state index < -0.39 is 14.2 Å². The van der Waals surface area contributed by atoms with Crippen molar-refractivity contribution in [3.63, 3.8) is 0 Å². The van der Waals surface area contributed by atoms with E-state index in [4.69, 9.17) is 0 Å². The van der Waals surface area contributed by atoms with Crippen LogP contribution >= 0.6 is 0 Å². The van der Waals surface area contributed by atoms with Gasteiger partial charge in [0.2, 0.25) is 0 Å². The first-order chi connectivity index (χ1) is 18.7. The van der Waals surface area contributed by atoms with Gasteiger partial charge in [0.05, 0.1) is 8.07 Å². The number of aliphatic hydroxyl groups excluding tert-OH is 1. The van der Waals surface area contributed by atoms with Crippen LogP contribution in [0.2, 0.25) is 13.1 Å². The Morgan fingerprint density at radius 1 is 0.575 bits per heavy atom. The van der Waals surface area contributed by atoms with Crippen molar-refractivity contribution >= 4 is 8.07 Å². The molecular formula is C37H43KOSi. The molecule has 40 heavy (non-hydrogen) atoms. The van der Waals surface area contributed by atoms with Crippen LogP contribution in [0.15, 0.2) is 143 Å². The van der Waals surface area contributed by atoms with Gasteiger partial charge in [-0.25, -0.2) is 0 Å². The van der Waals surface area contributed by atoms with E-state index in [0.29, 0.717) is 11.5 Å². The van der Waals surface area contributed by atoms with Crippen LogP contribution in [0.1, 0.15) is 63.0 Å².